The van der Waals surface area contributed by atoms with Crippen molar-refractivity contribution in [1.29, 1.82) is 0 Å². The van der Waals surface area contributed by atoms with Crippen LogP contribution in [0.2, 0.25) is 5.02 Å². The molecular weight excluding hydrogens is 264 g/mol. The predicted octanol–water partition coefficient (Wildman–Crippen LogP) is 3.97. The molecule has 0 bridgehead atoms. The van der Waals surface area contributed by atoms with Crippen molar-refractivity contribution in [3.05, 3.63) is 46.3 Å². The fourth-order valence-corrected chi connectivity index (χ4v) is 2.45. The summed E-state index contributed by atoms with van der Waals surface area (Å²) in [6.07, 6.45) is 3.11. The van der Waals surface area contributed by atoms with E-state index in [1.54, 1.807) is 12.1 Å². The van der Waals surface area contributed by atoms with E-state index in [2.05, 4.69) is 9.84 Å². The molecule has 0 fully saturated rings. The molecule has 1 aromatic carbocycles. The fraction of sp³-hybridized carbons (Fsp3) is 0.357. The average molecular weight is 277 g/mol. The molecule has 0 amide bonds. The van der Waals surface area contributed by atoms with Crippen molar-refractivity contribution in [2.45, 2.75) is 25.3 Å². The Morgan fingerprint density at radius 3 is 2.61 bits per heavy atom. The molecule has 0 N–H and O–H groups in total. The molecule has 1 unspecified atom stereocenters. The van der Waals surface area contributed by atoms with Crippen molar-refractivity contribution >= 4 is 34.4 Å². The van der Waals surface area contributed by atoms with Gasteiger partial charge in [0.15, 0.2) is 0 Å². The fourth-order valence-electron chi connectivity index (χ4n) is 2.00. The van der Waals surface area contributed by atoms with Crippen molar-refractivity contribution in [2.75, 3.05) is 6.54 Å². The van der Waals surface area contributed by atoms with Gasteiger partial charge in [-0.1, -0.05) is 36.0 Å². The molecular formula is C14H13ClN2S. The van der Waals surface area contributed by atoms with Crippen LogP contribution in [0.5, 0.6) is 0 Å². The quantitative estimate of drug-likeness (QED) is 0.464. The third-order valence-corrected chi connectivity index (χ3v) is 3.69. The molecule has 0 saturated carbocycles. The molecule has 1 aliphatic heterocycles. The Kier molecular flexibility index (Phi) is 4.46. The Hall–Kier alpha value is -1.24. The minimum atomic E-state index is -0.388. The van der Waals surface area contributed by atoms with E-state index < -0.39 is 0 Å². The van der Waals surface area contributed by atoms with Gasteiger partial charge in [-0.2, -0.15) is 0 Å². The molecule has 1 heterocycles. The first kappa shape index (κ1) is 13.2. The Labute approximate surface area is 118 Å². The average Bonchev–Trinajstić information content (AvgIpc) is 2.41. The minimum absolute atomic E-state index is 0.388. The summed E-state index contributed by atoms with van der Waals surface area (Å²) in [7, 11) is 0. The van der Waals surface area contributed by atoms with Crippen LogP contribution in [0.3, 0.4) is 0 Å². The lowest BCUT2D eigenvalue weighted by Crippen LogP contribution is -2.28. The second-order valence-electron chi connectivity index (χ2n) is 4.23. The summed E-state index contributed by atoms with van der Waals surface area (Å²) in [5.74, 6) is 0. The Morgan fingerprint density at radius 1 is 1.33 bits per heavy atom. The van der Waals surface area contributed by atoms with Gasteiger partial charge < -0.3 is 4.85 Å². The lowest BCUT2D eigenvalue weighted by Gasteiger charge is -2.14. The molecule has 92 valence electrons. The second-order valence-corrected chi connectivity index (χ2v) is 5.11. The summed E-state index contributed by atoms with van der Waals surface area (Å²) in [5.41, 5.74) is 1.83. The van der Waals surface area contributed by atoms with Crippen molar-refractivity contribution in [1.82, 2.24) is 0 Å². The third-order valence-electron chi connectivity index (χ3n) is 2.98. The van der Waals surface area contributed by atoms with Gasteiger partial charge in [0.2, 0.25) is 0 Å². The lowest BCUT2D eigenvalue weighted by molar-refractivity contribution is 0.730. The molecule has 0 radical (unpaired) electrons. The van der Waals surface area contributed by atoms with Crippen molar-refractivity contribution in [3.63, 3.8) is 0 Å². The highest BCUT2D eigenvalue weighted by atomic mass is 35.5. The molecule has 0 spiro atoms. The first-order chi connectivity index (χ1) is 8.72. The number of halogens is 1. The molecule has 18 heavy (non-hydrogen) atoms. The summed E-state index contributed by atoms with van der Waals surface area (Å²) in [6.45, 7) is 8.17. The Balaban J connectivity index is 2.23. The van der Waals surface area contributed by atoms with E-state index in [9.17, 15) is 0 Å². The van der Waals surface area contributed by atoms with E-state index in [4.69, 9.17) is 30.4 Å². The van der Waals surface area contributed by atoms with Crippen LogP contribution < -0.4 is 0 Å². The number of benzene rings is 1. The summed E-state index contributed by atoms with van der Waals surface area (Å²) >= 11 is 11.3. The molecule has 4 heteroatoms. The Morgan fingerprint density at radius 2 is 2.06 bits per heavy atom. The van der Waals surface area contributed by atoms with Crippen LogP contribution in [0.15, 0.2) is 29.3 Å². The van der Waals surface area contributed by atoms with E-state index in [1.807, 2.05) is 12.1 Å². The molecule has 0 aromatic heterocycles. The van der Waals surface area contributed by atoms with Crippen LogP contribution in [-0.4, -0.2) is 23.2 Å². The zero-order valence-corrected chi connectivity index (χ0v) is 11.5. The third kappa shape index (κ3) is 2.95. The largest absolute Gasteiger partial charge is 0.301 e. The number of thiocarbonyl (C=S) groups is 1. The first-order valence-electron chi connectivity index (χ1n) is 5.92. The van der Waals surface area contributed by atoms with Gasteiger partial charge in [0.05, 0.1) is 5.71 Å². The van der Waals surface area contributed by atoms with Crippen molar-refractivity contribution < 1.29 is 0 Å². The van der Waals surface area contributed by atoms with E-state index in [1.165, 1.54) is 0 Å². The highest BCUT2D eigenvalue weighted by molar-refractivity contribution is 7.81. The molecule has 0 aliphatic carbocycles. The maximum absolute atomic E-state index is 7.35. The normalized spacial score (nSPS) is 16.6. The zero-order chi connectivity index (χ0) is 13.0. The van der Waals surface area contributed by atoms with Crippen molar-refractivity contribution in [3.8, 4) is 0 Å². The van der Waals surface area contributed by atoms with Gasteiger partial charge in [-0.05, 0) is 37.0 Å². The van der Waals surface area contributed by atoms with Gasteiger partial charge in [0.25, 0.3) is 6.04 Å². The van der Waals surface area contributed by atoms with E-state index in [-0.39, 0.29) is 6.04 Å². The summed E-state index contributed by atoms with van der Waals surface area (Å²) in [5, 5.41) is 0.677. The number of rotatable bonds is 3. The zero-order valence-electron chi connectivity index (χ0n) is 9.90. The molecule has 0 saturated heterocycles. The van der Waals surface area contributed by atoms with Crippen molar-refractivity contribution in [2.24, 2.45) is 4.99 Å². The monoisotopic (exact) mass is 276 g/mol. The van der Waals surface area contributed by atoms with Crippen LogP contribution in [0.4, 0.5) is 0 Å². The van der Waals surface area contributed by atoms with Gasteiger partial charge in [-0.3, -0.25) is 4.99 Å². The SMILES string of the molecule is [C-]#[N+]C(C(=S)c1ccc(Cl)cc1)C1=NCCCC1. The predicted molar refractivity (Wildman–Crippen MR) is 79.7 cm³/mol. The topological polar surface area (TPSA) is 16.7 Å². The maximum atomic E-state index is 7.35. The molecule has 1 aromatic rings. The first-order valence-corrected chi connectivity index (χ1v) is 6.70. The lowest BCUT2D eigenvalue weighted by atomic mass is 9.97. The number of hydrogen-bond acceptors (Lipinski definition) is 2. The minimum Gasteiger partial charge on any atom is -0.301 e. The molecule has 2 rings (SSSR count). The van der Waals surface area contributed by atoms with E-state index in [0.29, 0.717) is 9.89 Å². The molecule has 2 nitrogen and oxygen atoms in total. The van der Waals surface area contributed by atoms with Crippen LogP contribution >= 0.6 is 23.8 Å². The number of hydrogen-bond donors (Lipinski definition) is 0. The van der Waals surface area contributed by atoms with Crippen LogP contribution in [0.25, 0.3) is 4.85 Å². The summed E-state index contributed by atoms with van der Waals surface area (Å²) in [6, 6.07) is 6.94. The van der Waals surface area contributed by atoms with E-state index in [0.717, 1.165) is 37.1 Å². The smallest absolute Gasteiger partial charge is 0.296 e. The standard InChI is InChI=1S/C14H13ClN2S/c1-16-13(12-4-2-3-9-17-12)14(18)10-5-7-11(15)8-6-10/h5-8,13H,2-4,9H2. The van der Waals surface area contributed by atoms with E-state index >= 15 is 0 Å². The van der Waals surface area contributed by atoms with Crippen LogP contribution in [-0.2, 0) is 0 Å². The maximum Gasteiger partial charge on any atom is 0.296 e. The molecule has 1 atom stereocenters. The number of aliphatic imine (C=N–C) groups is 1. The van der Waals surface area contributed by atoms with Gasteiger partial charge in [0, 0.05) is 11.6 Å². The van der Waals surface area contributed by atoms with Gasteiger partial charge in [-0.25, -0.2) is 6.57 Å². The highest BCUT2D eigenvalue weighted by Crippen LogP contribution is 2.18. The van der Waals surface area contributed by atoms with Gasteiger partial charge in [-0.15, -0.1) is 0 Å². The highest BCUT2D eigenvalue weighted by Gasteiger charge is 2.27. The summed E-state index contributed by atoms with van der Waals surface area (Å²) in [4.78, 5) is 8.76. The Bertz CT molecular complexity index is 514. The second kappa shape index (κ2) is 6.08. The van der Waals surface area contributed by atoms with Gasteiger partial charge >= 0.3 is 0 Å². The van der Waals surface area contributed by atoms with Crippen LogP contribution in [0.1, 0.15) is 24.8 Å². The summed E-state index contributed by atoms with van der Waals surface area (Å²) < 4.78 is 0. The molecule has 1 aliphatic rings. The van der Waals surface area contributed by atoms with Crippen LogP contribution in [0, 0.1) is 6.57 Å². The number of nitrogens with zero attached hydrogens (tertiary/aromatic N) is 2. The van der Waals surface area contributed by atoms with Gasteiger partial charge in [0.1, 0.15) is 4.86 Å².